The first-order valence-corrected chi connectivity index (χ1v) is 7.51. The fraction of sp³-hybridized carbons (Fsp3) is 0.400. The maximum Gasteiger partial charge on any atom is 0.0658 e. The number of halogens is 1. The first kappa shape index (κ1) is 15.2. The lowest BCUT2D eigenvalue weighted by molar-refractivity contribution is 0.182. The molecular weight excluding hydrogens is 318 g/mol. The van der Waals surface area contributed by atoms with Crippen molar-refractivity contribution in [2.75, 3.05) is 13.7 Å². The summed E-state index contributed by atoms with van der Waals surface area (Å²) in [6, 6.07) is 10.2. The Bertz CT molecular complexity index is 527. The van der Waals surface area contributed by atoms with Crippen molar-refractivity contribution in [3.05, 3.63) is 52.3 Å². The average molecular weight is 338 g/mol. The first-order valence-electron chi connectivity index (χ1n) is 6.72. The molecule has 20 heavy (non-hydrogen) atoms. The molecular formula is C15H20BrN3O. The highest BCUT2D eigenvalue weighted by Crippen LogP contribution is 2.21. The third kappa shape index (κ3) is 3.91. The third-order valence-corrected chi connectivity index (χ3v) is 3.99. The molecule has 4 nitrogen and oxygen atoms in total. The minimum Gasteiger partial charge on any atom is -0.383 e. The molecule has 0 saturated carbocycles. The van der Waals surface area contributed by atoms with Gasteiger partial charge in [-0.25, -0.2) is 0 Å². The Morgan fingerprint density at radius 2 is 2.10 bits per heavy atom. The van der Waals surface area contributed by atoms with Gasteiger partial charge in [-0.15, -0.1) is 0 Å². The highest BCUT2D eigenvalue weighted by Gasteiger charge is 2.12. The Morgan fingerprint density at radius 3 is 2.80 bits per heavy atom. The molecule has 0 bridgehead atoms. The molecule has 0 spiro atoms. The molecule has 0 aliphatic carbocycles. The number of aromatic nitrogens is 2. The van der Waals surface area contributed by atoms with E-state index in [4.69, 9.17) is 10.5 Å². The van der Waals surface area contributed by atoms with Crippen LogP contribution in [0.2, 0.25) is 0 Å². The topological polar surface area (TPSA) is 53.1 Å². The summed E-state index contributed by atoms with van der Waals surface area (Å²) in [6.07, 6.45) is 3.61. The SMILES string of the molecule is COCCn1ncc(Br)c1CCC(N)c1ccccc1. The van der Waals surface area contributed by atoms with Crippen LogP contribution in [0.25, 0.3) is 0 Å². The monoisotopic (exact) mass is 337 g/mol. The molecule has 0 aliphatic rings. The molecule has 0 fully saturated rings. The van der Waals surface area contributed by atoms with Crippen molar-refractivity contribution >= 4 is 15.9 Å². The lowest BCUT2D eigenvalue weighted by Gasteiger charge is -2.13. The van der Waals surface area contributed by atoms with Gasteiger partial charge in [0.1, 0.15) is 0 Å². The van der Waals surface area contributed by atoms with Gasteiger partial charge in [-0.2, -0.15) is 5.10 Å². The molecule has 0 aliphatic heterocycles. The fourth-order valence-corrected chi connectivity index (χ4v) is 2.66. The van der Waals surface area contributed by atoms with E-state index in [1.165, 1.54) is 11.3 Å². The summed E-state index contributed by atoms with van der Waals surface area (Å²) < 4.78 is 8.12. The predicted octanol–water partition coefficient (Wildman–Crippen LogP) is 2.92. The molecule has 1 unspecified atom stereocenters. The van der Waals surface area contributed by atoms with Crippen molar-refractivity contribution in [2.24, 2.45) is 5.73 Å². The van der Waals surface area contributed by atoms with E-state index in [2.05, 4.69) is 33.2 Å². The van der Waals surface area contributed by atoms with Crippen LogP contribution < -0.4 is 5.73 Å². The van der Waals surface area contributed by atoms with Crippen LogP contribution in [0.1, 0.15) is 23.7 Å². The number of rotatable bonds is 7. The Morgan fingerprint density at radius 1 is 1.35 bits per heavy atom. The number of benzene rings is 1. The van der Waals surface area contributed by atoms with E-state index in [9.17, 15) is 0 Å². The van der Waals surface area contributed by atoms with Gasteiger partial charge in [-0.05, 0) is 34.3 Å². The standard InChI is InChI=1S/C15H20BrN3O/c1-20-10-9-19-15(13(16)11-18-19)8-7-14(17)12-5-3-2-4-6-12/h2-6,11,14H,7-10,17H2,1H3. The van der Waals surface area contributed by atoms with Gasteiger partial charge in [0.15, 0.2) is 0 Å². The Balaban J connectivity index is 1.98. The van der Waals surface area contributed by atoms with Crippen LogP contribution in [0.5, 0.6) is 0 Å². The number of nitrogens with zero attached hydrogens (tertiary/aromatic N) is 2. The third-order valence-electron chi connectivity index (χ3n) is 3.32. The summed E-state index contributed by atoms with van der Waals surface area (Å²) in [5, 5.41) is 4.35. The zero-order valence-corrected chi connectivity index (χ0v) is 13.2. The van der Waals surface area contributed by atoms with Crippen LogP contribution in [0.3, 0.4) is 0 Å². The van der Waals surface area contributed by atoms with Crippen LogP contribution in [-0.4, -0.2) is 23.5 Å². The molecule has 0 saturated heterocycles. The molecule has 1 aromatic carbocycles. The van der Waals surface area contributed by atoms with Gasteiger partial charge in [0.05, 0.1) is 29.5 Å². The van der Waals surface area contributed by atoms with E-state index >= 15 is 0 Å². The Kier molecular flexibility index (Phi) is 5.76. The van der Waals surface area contributed by atoms with E-state index in [-0.39, 0.29) is 6.04 Å². The summed E-state index contributed by atoms with van der Waals surface area (Å²) in [6.45, 7) is 1.42. The van der Waals surface area contributed by atoms with Gasteiger partial charge in [-0.1, -0.05) is 30.3 Å². The fourth-order valence-electron chi connectivity index (χ4n) is 2.17. The molecule has 0 radical (unpaired) electrons. The number of methoxy groups -OCH3 is 1. The predicted molar refractivity (Wildman–Crippen MR) is 83.5 cm³/mol. The second kappa shape index (κ2) is 7.57. The van der Waals surface area contributed by atoms with Gasteiger partial charge < -0.3 is 10.5 Å². The zero-order chi connectivity index (χ0) is 14.4. The largest absolute Gasteiger partial charge is 0.383 e. The van der Waals surface area contributed by atoms with Crippen molar-refractivity contribution < 1.29 is 4.74 Å². The second-order valence-electron chi connectivity index (χ2n) is 4.71. The van der Waals surface area contributed by atoms with Crippen molar-refractivity contribution in [3.8, 4) is 0 Å². The minimum atomic E-state index is 0.0499. The van der Waals surface area contributed by atoms with Crippen LogP contribution >= 0.6 is 15.9 Å². The first-order chi connectivity index (χ1) is 9.72. The van der Waals surface area contributed by atoms with Gasteiger partial charge in [0.25, 0.3) is 0 Å². The van der Waals surface area contributed by atoms with Crippen molar-refractivity contribution in [1.29, 1.82) is 0 Å². The molecule has 0 amide bonds. The molecule has 5 heteroatoms. The molecule has 2 N–H and O–H groups in total. The van der Waals surface area contributed by atoms with Crippen molar-refractivity contribution in [1.82, 2.24) is 9.78 Å². The summed E-state index contributed by atoms with van der Waals surface area (Å²) in [7, 11) is 1.70. The smallest absolute Gasteiger partial charge is 0.0658 e. The van der Waals surface area contributed by atoms with Crippen LogP contribution in [-0.2, 0) is 17.7 Å². The molecule has 2 rings (SSSR count). The van der Waals surface area contributed by atoms with Gasteiger partial charge in [-0.3, -0.25) is 4.68 Å². The molecule has 1 atom stereocenters. The molecule has 2 aromatic rings. The Labute approximate surface area is 128 Å². The van der Waals surface area contributed by atoms with Crippen LogP contribution in [0.4, 0.5) is 0 Å². The summed E-state index contributed by atoms with van der Waals surface area (Å²) in [4.78, 5) is 0. The van der Waals surface area contributed by atoms with Crippen LogP contribution in [0, 0.1) is 0 Å². The maximum absolute atomic E-state index is 6.24. The lowest BCUT2D eigenvalue weighted by atomic mass is 10.0. The average Bonchev–Trinajstić information content (AvgIpc) is 2.84. The second-order valence-corrected chi connectivity index (χ2v) is 5.57. The van der Waals surface area contributed by atoms with E-state index < -0.39 is 0 Å². The van der Waals surface area contributed by atoms with E-state index in [1.807, 2.05) is 29.1 Å². The Hall–Kier alpha value is -1.17. The normalized spacial score (nSPS) is 12.6. The molecule has 1 aromatic heterocycles. The van der Waals surface area contributed by atoms with E-state index in [1.54, 1.807) is 7.11 Å². The van der Waals surface area contributed by atoms with E-state index in [0.29, 0.717) is 6.61 Å². The lowest BCUT2D eigenvalue weighted by Crippen LogP contribution is -2.14. The molecule has 108 valence electrons. The van der Waals surface area contributed by atoms with Gasteiger partial charge in [0, 0.05) is 13.2 Å². The highest BCUT2D eigenvalue weighted by atomic mass is 79.9. The summed E-state index contributed by atoms with van der Waals surface area (Å²) >= 11 is 3.55. The highest BCUT2D eigenvalue weighted by molar-refractivity contribution is 9.10. The number of nitrogens with two attached hydrogens (primary N) is 1. The summed E-state index contributed by atoms with van der Waals surface area (Å²) in [5.41, 5.74) is 8.59. The number of ether oxygens (including phenoxy) is 1. The number of hydrogen-bond donors (Lipinski definition) is 1. The van der Waals surface area contributed by atoms with E-state index in [0.717, 1.165) is 23.9 Å². The van der Waals surface area contributed by atoms with Crippen molar-refractivity contribution in [2.45, 2.75) is 25.4 Å². The minimum absolute atomic E-state index is 0.0499. The molecule has 1 heterocycles. The quantitative estimate of drug-likeness (QED) is 0.845. The van der Waals surface area contributed by atoms with Gasteiger partial charge >= 0.3 is 0 Å². The van der Waals surface area contributed by atoms with Crippen molar-refractivity contribution in [3.63, 3.8) is 0 Å². The van der Waals surface area contributed by atoms with Gasteiger partial charge in [0.2, 0.25) is 0 Å². The van der Waals surface area contributed by atoms with Crippen LogP contribution in [0.15, 0.2) is 41.0 Å². The number of hydrogen-bond acceptors (Lipinski definition) is 3. The summed E-state index contributed by atoms with van der Waals surface area (Å²) in [5.74, 6) is 0. The zero-order valence-electron chi connectivity index (χ0n) is 11.6. The maximum atomic E-state index is 6.24.